The zero-order valence-electron chi connectivity index (χ0n) is 11.0. The average molecular weight is 306 g/mol. The van der Waals surface area contributed by atoms with Crippen molar-refractivity contribution < 1.29 is 18.0 Å². The minimum Gasteiger partial charge on any atom is -0.322 e. The summed E-state index contributed by atoms with van der Waals surface area (Å²) in [5, 5.41) is 12.6. The van der Waals surface area contributed by atoms with E-state index >= 15 is 0 Å². The van der Waals surface area contributed by atoms with E-state index in [1.165, 1.54) is 12.1 Å². The SMILES string of the molecule is O=C(Nc1ccc(C(F)(F)F)cc1)c1cccc2nn[nH]c12. The number of aromatic nitrogens is 3. The molecule has 3 aromatic rings. The molecule has 2 aromatic carbocycles. The molecule has 0 aliphatic rings. The highest BCUT2D eigenvalue weighted by atomic mass is 19.4. The molecular formula is C14H9F3N4O. The van der Waals surface area contributed by atoms with Crippen molar-refractivity contribution in [2.24, 2.45) is 0 Å². The number of hydrogen-bond acceptors (Lipinski definition) is 3. The number of rotatable bonds is 2. The summed E-state index contributed by atoms with van der Waals surface area (Å²) in [6.45, 7) is 0. The monoisotopic (exact) mass is 306 g/mol. The predicted octanol–water partition coefficient (Wildman–Crippen LogP) is 3.23. The van der Waals surface area contributed by atoms with Crippen molar-refractivity contribution in [3.8, 4) is 0 Å². The number of fused-ring (bicyclic) bond motifs is 1. The lowest BCUT2D eigenvalue weighted by molar-refractivity contribution is -0.137. The Morgan fingerprint density at radius 1 is 1.09 bits per heavy atom. The molecule has 0 aliphatic carbocycles. The molecule has 2 N–H and O–H groups in total. The second-order valence-electron chi connectivity index (χ2n) is 4.54. The van der Waals surface area contributed by atoms with Gasteiger partial charge in [0, 0.05) is 5.69 Å². The maximum atomic E-state index is 12.5. The van der Waals surface area contributed by atoms with Crippen LogP contribution in [0.5, 0.6) is 0 Å². The lowest BCUT2D eigenvalue weighted by Crippen LogP contribution is -2.13. The number of benzene rings is 2. The van der Waals surface area contributed by atoms with Crippen LogP contribution in [0.1, 0.15) is 15.9 Å². The Hall–Kier alpha value is -2.90. The second-order valence-corrected chi connectivity index (χ2v) is 4.54. The minimum absolute atomic E-state index is 0.266. The zero-order valence-corrected chi connectivity index (χ0v) is 11.0. The van der Waals surface area contributed by atoms with E-state index < -0.39 is 17.6 Å². The molecule has 8 heteroatoms. The largest absolute Gasteiger partial charge is 0.416 e. The van der Waals surface area contributed by atoms with Gasteiger partial charge >= 0.3 is 6.18 Å². The van der Waals surface area contributed by atoms with Gasteiger partial charge in [-0.25, -0.2) is 0 Å². The lowest BCUT2D eigenvalue weighted by Gasteiger charge is -2.09. The summed E-state index contributed by atoms with van der Waals surface area (Å²) < 4.78 is 37.4. The van der Waals surface area contributed by atoms with Gasteiger partial charge in [0.05, 0.1) is 16.6 Å². The van der Waals surface area contributed by atoms with Crippen molar-refractivity contribution in [2.45, 2.75) is 6.18 Å². The number of H-pyrrole nitrogens is 1. The summed E-state index contributed by atoms with van der Waals surface area (Å²) in [7, 11) is 0. The van der Waals surface area contributed by atoms with Crippen molar-refractivity contribution in [2.75, 3.05) is 5.32 Å². The van der Waals surface area contributed by atoms with Crippen LogP contribution in [-0.2, 0) is 6.18 Å². The second kappa shape index (κ2) is 5.14. The van der Waals surface area contributed by atoms with Crippen LogP contribution < -0.4 is 5.32 Å². The maximum absolute atomic E-state index is 12.5. The van der Waals surface area contributed by atoms with Gasteiger partial charge < -0.3 is 5.32 Å². The van der Waals surface area contributed by atoms with Gasteiger partial charge in [-0.2, -0.15) is 13.2 Å². The number of nitrogens with one attached hydrogen (secondary N) is 2. The van der Waals surface area contributed by atoms with E-state index in [1.54, 1.807) is 18.2 Å². The number of carbonyl (C=O) groups excluding carboxylic acids is 1. The summed E-state index contributed by atoms with van der Waals surface area (Å²) in [5.41, 5.74) is 0.794. The molecule has 0 radical (unpaired) electrons. The number of alkyl halides is 3. The smallest absolute Gasteiger partial charge is 0.322 e. The number of nitrogens with zero attached hydrogens (tertiary/aromatic N) is 2. The molecule has 0 atom stereocenters. The zero-order chi connectivity index (χ0) is 15.7. The van der Waals surface area contributed by atoms with Crippen LogP contribution in [-0.4, -0.2) is 21.3 Å². The molecule has 0 unspecified atom stereocenters. The molecule has 0 spiro atoms. The average Bonchev–Trinajstić information content (AvgIpc) is 2.95. The lowest BCUT2D eigenvalue weighted by atomic mass is 10.1. The third-order valence-corrected chi connectivity index (χ3v) is 3.08. The van der Waals surface area contributed by atoms with Crippen molar-refractivity contribution in [3.63, 3.8) is 0 Å². The summed E-state index contributed by atoms with van der Waals surface area (Å²) >= 11 is 0. The van der Waals surface area contributed by atoms with Crippen molar-refractivity contribution in [1.29, 1.82) is 0 Å². The van der Waals surface area contributed by atoms with Gasteiger partial charge in [0.2, 0.25) is 0 Å². The molecular weight excluding hydrogens is 297 g/mol. The highest BCUT2D eigenvalue weighted by molar-refractivity contribution is 6.11. The number of hydrogen-bond donors (Lipinski definition) is 2. The van der Waals surface area contributed by atoms with E-state index in [9.17, 15) is 18.0 Å². The molecule has 22 heavy (non-hydrogen) atoms. The molecule has 1 aromatic heterocycles. The number of amides is 1. The van der Waals surface area contributed by atoms with E-state index in [0.717, 1.165) is 12.1 Å². The van der Waals surface area contributed by atoms with Crippen molar-refractivity contribution in [1.82, 2.24) is 15.4 Å². The van der Waals surface area contributed by atoms with Crippen LogP contribution >= 0.6 is 0 Å². The van der Waals surface area contributed by atoms with Gasteiger partial charge in [-0.1, -0.05) is 11.3 Å². The van der Waals surface area contributed by atoms with Gasteiger partial charge in [-0.3, -0.25) is 9.89 Å². The first kappa shape index (κ1) is 14.1. The van der Waals surface area contributed by atoms with Crippen LogP contribution in [0.4, 0.5) is 18.9 Å². The summed E-state index contributed by atoms with van der Waals surface area (Å²) in [4.78, 5) is 12.2. The van der Waals surface area contributed by atoms with E-state index in [4.69, 9.17) is 0 Å². The molecule has 0 saturated carbocycles. The van der Waals surface area contributed by atoms with E-state index in [2.05, 4.69) is 20.7 Å². The van der Waals surface area contributed by atoms with E-state index in [0.29, 0.717) is 16.6 Å². The standard InChI is InChI=1S/C14H9F3N4O/c15-14(16,17)8-4-6-9(7-5-8)18-13(22)10-2-1-3-11-12(10)20-21-19-11/h1-7H,(H,18,22)(H,19,20,21). The van der Waals surface area contributed by atoms with Crippen LogP contribution in [0.3, 0.4) is 0 Å². The fourth-order valence-electron chi connectivity index (χ4n) is 2.00. The van der Waals surface area contributed by atoms with Crippen LogP contribution in [0.2, 0.25) is 0 Å². The van der Waals surface area contributed by atoms with Gasteiger partial charge in [0.25, 0.3) is 5.91 Å². The Morgan fingerprint density at radius 2 is 1.82 bits per heavy atom. The number of halogens is 3. The van der Waals surface area contributed by atoms with E-state index in [1.807, 2.05) is 0 Å². The molecule has 0 aliphatic heterocycles. The van der Waals surface area contributed by atoms with Gasteiger partial charge in [0.15, 0.2) is 0 Å². The molecule has 1 amide bonds. The topological polar surface area (TPSA) is 70.7 Å². The number of aromatic amines is 1. The predicted molar refractivity (Wildman–Crippen MR) is 73.3 cm³/mol. The Bertz CT molecular complexity index is 824. The summed E-state index contributed by atoms with van der Waals surface area (Å²) in [5.74, 6) is -0.462. The Labute approximate surface area is 122 Å². The van der Waals surface area contributed by atoms with Crippen LogP contribution in [0.15, 0.2) is 42.5 Å². The fourth-order valence-corrected chi connectivity index (χ4v) is 2.00. The van der Waals surface area contributed by atoms with Crippen LogP contribution in [0, 0.1) is 0 Å². The number of anilines is 1. The number of carbonyl (C=O) groups is 1. The van der Waals surface area contributed by atoms with Crippen molar-refractivity contribution >= 4 is 22.6 Å². The highest BCUT2D eigenvalue weighted by Crippen LogP contribution is 2.30. The molecule has 5 nitrogen and oxygen atoms in total. The quantitative estimate of drug-likeness (QED) is 0.763. The first-order valence-corrected chi connectivity index (χ1v) is 6.23. The van der Waals surface area contributed by atoms with Gasteiger partial charge in [-0.15, -0.1) is 5.10 Å². The molecule has 3 rings (SSSR count). The first-order valence-electron chi connectivity index (χ1n) is 6.23. The Balaban J connectivity index is 1.84. The maximum Gasteiger partial charge on any atom is 0.416 e. The molecule has 0 fully saturated rings. The highest BCUT2D eigenvalue weighted by Gasteiger charge is 2.30. The molecule has 1 heterocycles. The Kier molecular flexibility index (Phi) is 3.28. The molecule has 0 bridgehead atoms. The third-order valence-electron chi connectivity index (χ3n) is 3.08. The van der Waals surface area contributed by atoms with Gasteiger partial charge in [0.1, 0.15) is 5.52 Å². The minimum atomic E-state index is -4.41. The van der Waals surface area contributed by atoms with Crippen LogP contribution in [0.25, 0.3) is 11.0 Å². The van der Waals surface area contributed by atoms with Crippen molar-refractivity contribution in [3.05, 3.63) is 53.6 Å². The fraction of sp³-hybridized carbons (Fsp3) is 0.0714. The number of para-hydroxylation sites is 1. The molecule has 0 saturated heterocycles. The van der Waals surface area contributed by atoms with Gasteiger partial charge in [-0.05, 0) is 36.4 Å². The third kappa shape index (κ3) is 2.62. The first-order chi connectivity index (χ1) is 10.4. The van der Waals surface area contributed by atoms with E-state index in [-0.39, 0.29) is 5.69 Å². The normalized spacial score (nSPS) is 11.6. The summed E-state index contributed by atoms with van der Waals surface area (Å²) in [6.07, 6.45) is -4.41. The summed E-state index contributed by atoms with van der Waals surface area (Å²) in [6, 6.07) is 9.13. The Morgan fingerprint density at radius 3 is 2.50 bits per heavy atom. The molecule has 112 valence electrons.